The molecule has 6 heterocycles. The highest BCUT2D eigenvalue weighted by atomic mass is 19.1. The second kappa shape index (κ2) is 21.9. The lowest BCUT2D eigenvalue weighted by Gasteiger charge is -2.43. The van der Waals surface area contributed by atoms with E-state index in [1.807, 2.05) is 48.6 Å². The molecule has 0 radical (unpaired) electrons. The van der Waals surface area contributed by atoms with E-state index < -0.39 is 5.82 Å². The Kier molecular flexibility index (Phi) is 15.0. The number of piperidine rings is 1. The summed E-state index contributed by atoms with van der Waals surface area (Å²) in [7, 11) is 3.69. The van der Waals surface area contributed by atoms with Gasteiger partial charge >= 0.3 is 0 Å². The highest BCUT2D eigenvalue weighted by Crippen LogP contribution is 2.39. The molecule has 2 aromatic heterocycles. The maximum atomic E-state index is 15.9. The lowest BCUT2D eigenvalue weighted by atomic mass is 9.89. The van der Waals surface area contributed by atoms with E-state index in [2.05, 4.69) is 47.1 Å². The average Bonchev–Trinajstić information content (AvgIpc) is 3.88. The van der Waals surface area contributed by atoms with Crippen LogP contribution in [0.1, 0.15) is 91.8 Å². The van der Waals surface area contributed by atoms with Crippen LogP contribution in [0.4, 0.5) is 15.8 Å². The number of ether oxygens (including phenoxy) is 2. The van der Waals surface area contributed by atoms with Gasteiger partial charge in [0.25, 0.3) is 11.8 Å². The third-order valence-corrected chi connectivity index (χ3v) is 16.3. The Hall–Kier alpha value is -7.25. The summed E-state index contributed by atoms with van der Waals surface area (Å²) in [6.45, 7) is 13.0. The van der Waals surface area contributed by atoms with Gasteiger partial charge in [0.1, 0.15) is 35.7 Å². The van der Waals surface area contributed by atoms with E-state index >= 15 is 14.0 Å². The SMILES string of the molecule is Cc1c(N(C(=O)c2cc(-c3cc4c(cc3C(=O)N3Cc5ccccc5C[C@H]3CN3CCCC[C@@H]3C)CN(C(=O)Cc3ccc(OCCN5CCOCC5)cc3F)CC4)n(C)c2C)c2ccc(O)cc2)cc(C#N)n1C. The van der Waals surface area contributed by atoms with Crippen LogP contribution in [0.3, 0.4) is 0 Å². The van der Waals surface area contributed by atoms with Crippen molar-refractivity contribution < 1.29 is 33.4 Å². The summed E-state index contributed by atoms with van der Waals surface area (Å²) < 4.78 is 30.7. The topological polar surface area (TPSA) is 140 Å². The molecule has 15 heteroatoms. The number of likely N-dealkylation sites (tertiary alicyclic amines) is 1. The molecule has 75 heavy (non-hydrogen) atoms. The lowest BCUT2D eigenvalue weighted by molar-refractivity contribution is -0.131. The van der Waals surface area contributed by atoms with Crippen molar-refractivity contribution in [1.82, 2.24) is 28.7 Å². The summed E-state index contributed by atoms with van der Waals surface area (Å²) in [5, 5.41) is 20.3. The first-order chi connectivity index (χ1) is 36.3. The molecule has 4 aliphatic heterocycles. The van der Waals surface area contributed by atoms with Gasteiger partial charge in [-0.25, -0.2) is 4.39 Å². The number of carbonyl (C=O) groups is 3. The van der Waals surface area contributed by atoms with E-state index in [0.717, 1.165) is 55.7 Å². The largest absolute Gasteiger partial charge is 0.508 e. The number of benzene rings is 4. The van der Waals surface area contributed by atoms with E-state index in [9.17, 15) is 15.2 Å². The molecule has 4 aliphatic rings. The number of halogens is 1. The maximum Gasteiger partial charge on any atom is 0.264 e. The molecule has 0 spiro atoms. The predicted molar refractivity (Wildman–Crippen MR) is 286 cm³/mol. The first kappa shape index (κ1) is 51.2. The van der Waals surface area contributed by atoms with Gasteiger partial charge in [0.15, 0.2) is 0 Å². The molecule has 390 valence electrons. The van der Waals surface area contributed by atoms with Crippen molar-refractivity contribution in [2.24, 2.45) is 14.1 Å². The van der Waals surface area contributed by atoms with Crippen LogP contribution in [0.5, 0.6) is 11.5 Å². The molecule has 10 rings (SSSR count). The van der Waals surface area contributed by atoms with Gasteiger partial charge in [-0.1, -0.05) is 36.8 Å². The highest BCUT2D eigenvalue weighted by molar-refractivity contribution is 6.13. The van der Waals surface area contributed by atoms with E-state index in [-0.39, 0.29) is 42.5 Å². The Morgan fingerprint density at radius 3 is 2.35 bits per heavy atom. The molecular weight excluding hydrogens is 948 g/mol. The second-order valence-corrected chi connectivity index (χ2v) is 20.8. The molecule has 1 N–H and O–H groups in total. The fraction of sp³-hybridized carbons (Fsp3) is 0.400. The smallest absolute Gasteiger partial charge is 0.264 e. The van der Waals surface area contributed by atoms with Gasteiger partial charge in [0.05, 0.1) is 30.9 Å². The molecule has 14 nitrogen and oxygen atoms in total. The summed E-state index contributed by atoms with van der Waals surface area (Å²) in [6, 6.07) is 29.6. The van der Waals surface area contributed by atoms with Gasteiger partial charge in [0.2, 0.25) is 5.91 Å². The van der Waals surface area contributed by atoms with Crippen LogP contribution in [-0.2, 0) is 56.0 Å². The van der Waals surface area contributed by atoms with Gasteiger partial charge in [0, 0.05) is 112 Å². The zero-order chi connectivity index (χ0) is 52.5. The number of nitrogens with zero attached hydrogens (tertiary/aromatic N) is 8. The summed E-state index contributed by atoms with van der Waals surface area (Å²) in [6.07, 6.45) is 4.53. The number of phenolic OH excluding ortho intramolecular Hbond substituents is 1. The zero-order valence-electron chi connectivity index (χ0n) is 43.8. The number of phenols is 1. The second-order valence-electron chi connectivity index (χ2n) is 20.8. The number of anilines is 2. The molecule has 4 aromatic carbocycles. The molecule has 2 saturated heterocycles. The van der Waals surface area contributed by atoms with Crippen LogP contribution < -0.4 is 9.64 Å². The first-order valence-electron chi connectivity index (χ1n) is 26.4. The Balaban J connectivity index is 0.998. The van der Waals surface area contributed by atoms with Crippen LogP contribution in [0.25, 0.3) is 11.3 Å². The number of hydrogen-bond donors (Lipinski definition) is 1. The minimum absolute atomic E-state index is 0.0502. The van der Waals surface area contributed by atoms with Gasteiger partial charge in [-0.05, 0) is 135 Å². The molecule has 0 bridgehead atoms. The molecule has 0 saturated carbocycles. The number of amides is 3. The summed E-state index contributed by atoms with van der Waals surface area (Å²) in [5.41, 5.74) is 9.51. The Morgan fingerprint density at radius 2 is 1.61 bits per heavy atom. The number of aromatic nitrogens is 2. The maximum absolute atomic E-state index is 15.9. The monoisotopic (exact) mass is 1010 g/mol. The number of carbonyl (C=O) groups excluding carboxylic acids is 3. The van der Waals surface area contributed by atoms with E-state index in [0.29, 0.717) is 120 Å². The van der Waals surface area contributed by atoms with Crippen LogP contribution >= 0.6 is 0 Å². The van der Waals surface area contributed by atoms with Crippen molar-refractivity contribution in [3.63, 3.8) is 0 Å². The van der Waals surface area contributed by atoms with Crippen LogP contribution in [-0.4, -0.2) is 123 Å². The van der Waals surface area contributed by atoms with Crippen LogP contribution in [0.15, 0.2) is 91.0 Å². The van der Waals surface area contributed by atoms with Crippen molar-refractivity contribution in [1.29, 1.82) is 5.26 Å². The third kappa shape index (κ3) is 10.6. The normalized spacial score (nSPS) is 18.0. The fourth-order valence-electron chi connectivity index (χ4n) is 11.5. The average molecular weight is 1020 g/mol. The minimum atomic E-state index is -0.494. The number of morpholine rings is 1. The fourth-order valence-corrected chi connectivity index (χ4v) is 11.5. The van der Waals surface area contributed by atoms with E-state index in [1.165, 1.54) is 30.2 Å². The van der Waals surface area contributed by atoms with Gasteiger partial charge in [-0.3, -0.25) is 29.1 Å². The van der Waals surface area contributed by atoms with Crippen molar-refractivity contribution in [3.05, 3.63) is 153 Å². The number of aromatic hydroxyl groups is 1. The highest BCUT2D eigenvalue weighted by Gasteiger charge is 2.36. The molecule has 3 amide bonds. The van der Waals surface area contributed by atoms with E-state index in [4.69, 9.17) is 9.47 Å². The number of fused-ring (bicyclic) bond motifs is 2. The standard InChI is InChI=1S/C60H67FN8O6/c1-39-10-8-9-20-66(39)38-49-28-42-11-6-7-12-45(42)37-68(49)59(72)54-30-46-36-67(58(71)31-44-13-18-51(33-55(44)61)75-27-24-65-22-25-74-26-23-65)21-19-43(46)29-53(54)57-34-52(40(2)64(57)5)60(73)69(47-14-16-50(70)17-15-47)56-32-48(35-62)63(4)41(56)3/h6-7,11-18,29-30,32-34,39,49,70H,8-10,19-28,31,36-38H2,1-5H3/t39-,49-/m0/s1. The van der Waals surface area contributed by atoms with Crippen LogP contribution in [0.2, 0.25) is 0 Å². The van der Waals surface area contributed by atoms with Crippen molar-refractivity contribution in [3.8, 4) is 28.8 Å². The summed E-state index contributed by atoms with van der Waals surface area (Å²) >= 11 is 0. The number of nitriles is 1. The summed E-state index contributed by atoms with van der Waals surface area (Å²) in [4.78, 5) is 55.4. The predicted octanol–water partition coefficient (Wildman–Crippen LogP) is 8.62. The van der Waals surface area contributed by atoms with Crippen molar-refractivity contribution in [2.45, 2.75) is 84.5 Å². The summed E-state index contributed by atoms with van der Waals surface area (Å²) in [5.74, 6) is -0.710. The lowest BCUT2D eigenvalue weighted by Crippen LogP contribution is -2.52. The molecule has 0 aliphatic carbocycles. The number of hydrogen-bond acceptors (Lipinski definition) is 9. The van der Waals surface area contributed by atoms with E-state index in [1.54, 1.807) is 51.7 Å². The Labute approximate surface area is 439 Å². The van der Waals surface area contributed by atoms with Gasteiger partial charge in [-0.2, -0.15) is 5.26 Å². The van der Waals surface area contributed by atoms with Crippen molar-refractivity contribution in [2.75, 3.05) is 64.0 Å². The zero-order valence-corrected chi connectivity index (χ0v) is 43.8. The van der Waals surface area contributed by atoms with Gasteiger partial charge in [-0.15, -0.1) is 0 Å². The van der Waals surface area contributed by atoms with Crippen LogP contribution in [0, 0.1) is 31.0 Å². The Bertz CT molecular complexity index is 3170. The van der Waals surface area contributed by atoms with Gasteiger partial charge < -0.3 is 33.5 Å². The first-order valence-corrected chi connectivity index (χ1v) is 26.4. The Morgan fingerprint density at radius 1 is 0.840 bits per heavy atom. The van der Waals surface area contributed by atoms with Crippen molar-refractivity contribution >= 4 is 29.1 Å². The molecule has 2 fully saturated rings. The molecule has 0 unspecified atom stereocenters. The quantitative estimate of drug-likeness (QED) is 0.121. The molecular formula is C60H67FN8O6. The molecule has 6 aromatic rings. The molecule has 2 atom stereocenters. The minimum Gasteiger partial charge on any atom is -0.508 e. The number of rotatable bonds is 13. The third-order valence-electron chi connectivity index (χ3n) is 16.3.